The molecule has 6 nitrogen and oxygen atoms in total. The molecule has 1 N–H and O–H groups in total. The number of nitrogens with zero attached hydrogens (tertiary/aromatic N) is 2. The molecule has 0 bridgehead atoms. The number of benzene rings is 1. The maximum atomic E-state index is 12.9. The molecule has 3 rings (SSSR count). The fourth-order valence-electron chi connectivity index (χ4n) is 2.89. The molecule has 2 aromatic rings. The molecule has 0 saturated heterocycles. The van der Waals surface area contributed by atoms with Crippen molar-refractivity contribution < 1.29 is 14.3 Å². The first-order valence-electron chi connectivity index (χ1n) is 7.94. The number of methoxy groups -OCH3 is 1. The Labute approximate surface area is 141 Å². The van der Waals surface area contributed by atoms with Crippen molar-refractivity contribution in [2.24, 2.45) is 0 Å². The Bertz CT molecular complexity index is 761. The van der Waals surface area contributed by atoms with Gasteiger partial charge >= 0.3 is 0 Å². The molecule has 1 aliphatic heterocycles. The quantitative estimate of drug-likeness (QED) is 0.882. The van der Waals surface area contributed by atoms with Crippen molar-refractivity contribution in [3.05, 3.63) is 47.0 Å². The van der Waals surface area contributed by atoms with Crippen LogP contribution in [0.5, 0.6) is 11.6 Å². The van der Waals surface area contributed by atoms with E-state index in [0.29, 0.717) is 42.7 Å². The van der Waals surface area contributed by atoms with E-state index in [4.69, 9.17) is 9.47 Å². The minimum Gasteiger partial charge on any atom is -0.497 e. The molecule has 126 valence electrons. The third-order valence-electron chi connectivity index (χ3n) is 3.99. The number of carbonyl (C=O) groups excluding carboxylic acids is 1. The van der Waals surface area contributed by atoms with Crippen LogP contribution in [0.2, 0.25) is 0 Å². The predicted octanol–water partition coefficient (Wildman–Crippen LogP) is 2.37. The first kappa shape index (κ1) is 16.3. The normalized spacial score (nSPS) is 13.1. The summed E-state index contributed by atoms with van der Waals surface area (Å²) < 4.78 is 10.8. The Morgan fingerprint density at radius 3 is 2.88 bits per heavy atom. The van der Waals surface area contributed by atoms with Gasteiger partial charge in [-0.25, -0.2) is 0 Å². The SMILES string of the molecule is CCOc1cccc(N2Cc3c(CNC)cc(OC)cc3C2=O)n1. The molecule has 0 fully saturated rings. The zero-order valence-electron chi connectivity index (χ0n) is 14.1. The van der Waals surface area contributed by atoms with E-state index < -0.39 is 0 Å². The average molecular weight is 327 g/mol. The van der Waals surface area contributed by atoms with Crippen LogP contribution in [0.25, 0.3) is 0 Å². The molecule has 0 radical (unpaired) electrons. The number of carbonyl (C=O) groups is 1. The third-order valence-corrected chi connectivity index (χ3v) is 3.99. The highest BCUT2D eigenvalue weighted by Crippen LogP contribution is 2.33. The number of fused-ring (bicyclic) bond motifs is 1. The lowest BCUT2D eigenvalue weighted by atomic mass is 10.0. The monoisotopic (exact) mass is 327 g/mol. The van der Waals surface area contributed by atoms with Crippen LogP contribution in [0.3, 0.4) is 0 Å². The first-order valence-corrected chi connectivity index (χ1v) is 7.94. The summed E-state index contributed by atoms with van der Waals surface area (Å²) in [6.45, 7) is 3.61. The summed E-state index contributed by atoms with van der Waals surface area (Å²) in [5, 5.41) is 3.14. The van der Waals surface area contributed by atoms with Gasteiger partial charge in [-0.05, 0) is 43.3 Å². The largest absolute Gasteiger partial charge is 0.497 e. The summed E-state index contributed by atoms with van der Waals surface area (Å²) in [6, 6.07) is 9.22. The summed E-state index contributed by atoms with van der Waals surface area (Å²) in [5.74, 6) is 1.73. The molecule has 6 heteroatoms. The van der Waals surface area contributed by atoms with E-state index in [1.165, 1.54) is 0 Å². The Balaban J connectivity index is 1.98. The fraction of sp³-hybridized carbons (Fsp3) is 0.333. The van der Waals surface area contributed by atoms with Crippen LogP contribution in [-0.2, 0) is 13.1 Å². The number of amides is 1. The number of hydrogen-bond acceptors (Lipinski definition) is 5. The molecule has 1 aliphatic rings. The second-order valence-corrected chi connectivity index (χ2v) is 5.50. The van der Waals surface area contributed by atoms with E-state index in [0.717, 1.165) is 11.1 Å². The fourth-order valence-corrected chi connectivity index (χ4v) is 2.89. The lowest BCUT2D eigenvalue weighted by molar-refractivity contribution is 0.0995. The van der Waals surface area contributed by atoms with Gasteiger partial charge in [-0.3, -0.25) is 9.69 Å². The standard InChI is InChI=1S/C18H21N3O3/c1-4-24-17-7-5-6-16(20-17)21-11-15-12(10-19-2)8-13(23-3)9-14(15)18(21)22/h5-9,19H,4,10-11H2,1-3H3. The second kappa shape index (κ2) is 6.88. The van der Waals surface area contributed by atoms with Gasteiger partial charge in [-0.1, -0.05) is 6.07 Å². The topological polar surface area (TPSA) is 63.7 Å². The molecule has 0 saturated carbocycles. The van der Waals surface area contributed by atoms with Crippen LogP contribution in [0.15, 0.2) is 30.3 Å². The van der Waals surface area contributed by atoms with E-state index in [9.17, 15) is 4.79 Å². The molecule has 0 aliphatic carbocycles. The van der Waals surface area contributed by atoms with Crippen molar-refractivity contribution in [2.45, 2.75) is 20.0 Å². The Kier molecular flexibility index (Phi) is 4.66. The summed E-state index contributed by atoms with van der Waals surface area (Å²) in [4.78, 5) is 19.0. The third kappa shape index (κ3) is 2.92. The average Bonchev–Trinajstić information content (AvgIpc) is 2.93. The molecule has 1 aromatic heterocycles. The van der Waals surface area contributed by atoms with Crippen LogP contribution in [-0.4, -0.2) is 31.7 Å². The molecular formula is C18H21N3O3. The van der Waals surface area contributed by atoms with Crippen molar-refractivity contribution >= 4 is 11.7 Å². The Morgan fingerprint density at radius 1 is 1.33 bits per heavy atom. The number of anilines is 1. The smallest absolute Gasteiger partial charge is 0.260 e. The summed E-state index contributed by atoms with van der Waals surface area (Å²) in [6.07, 6.45) is 0. The van der Waals surface area contributed by atoms with E-state index in [-0.39, 0.29) is 5.91 Å². The highest BCUT2D eigenvalue weighted by molar-refractivity contribution is 6.10. The molecule has 24 heavy (non-hydrogen) atoms. The highest BCUT2D eigenvalue weighted by Gasteiger charge is 2.32. The maximum absolute atomic E-state index is 12.9. The zero-order valence-corrected chi connectivity index (χ0v) is 14.1. The van der Waals surface area contributed by atoms with Gasteiger partial charge in [0.05, 0.1) is 20.3 Å². The van der Waals surface area contributed by atoms with Crippen LogP contribution in [0.4, 0.5) is 5.82 Å². The van der Waals surface area contributed by atoms with Gasteiger partial charge in [0.1, 0.15) is 11.6 Å². The van der Waals surface area contributed by atoms with Crippen molar-refractivity contribution in [3.8, 4) is 11.6 Å². The molecule has 0 spiro atoms. The molecule has 0 atom stereocenters. The van der Waals surface area contributed by atoms with Gasteiger partial charge in [-0.2, -0.15) is 4.98 Å². The van der Waals surface area contributed by atoms with Gasteiger partial charge < -0.3 is 14.8 Å². The van der Waals surface area contributed by atoms with E-state index in [2.05, 4.69) is 10.3 Å². The number of rotatable bonds is 6. The first-order chi connectivity index (χ1) is 11.7. The highest BCUT2D eigenvalue weighted by atomic mass is 16.5. The van der Waals surface area contributed by atoms with E-state index in [1.54, 1.807) is 24.1 Å². The summed E-state index contributed by atoms with van der Waals surface area (Å²) >= 11 is 0. The lowest BCUT2D eigenvalue weighted by Crippen LogP contribution is -2.24. The van der Waals surface area contributed by atoms with Gasteiger partial charge in [0.15, 0.2) is 0 Å². The summed E-state index contributed by atoms with van der Waals surface area (Å²) in [5.41, 5.74) is 2.74. The Morgan fingerprint density at radius 2 is 2.17 bits per heavy atom. The number of nitrogens with one attached hydrogen (secondary N) is 1. The molecule has 1 aromatic carbocycles. The summed E-state index contributed by atoms with van der Waals surface area (Å²) in [7, 11) is 3.49. The van der Waals surface area contributed by atoms with Gasteiger partial charge in [0.2, 0.25) is 5.88 Å². The Hall–Kier alpha value is -2.60. The van der Waals surface area contributed by atoms with E-state index >= 15 is 0 Å². The predicted molar refractivity (Wildman–Crippen MR) is 91.7 cm³/mol. The second-order valence-electron chi connectivity index (χ2n) is 5.50. The minimum atomic E-state index is -0.0672. The van der Waals surface area contributed by atoms with Crippen molar-refractivity contribution in [1.82, 2.24) is 10.3 Å². The van der Waals surface area contributed by atoms with E-state index in [1.807, 2.05) is 32.2 Å². The van der Waals surface area contributed by atoms with Crippen molar-refractivity contribution in [3.63, 3.8) is 0 Å². The molecule has 2 heterocycles. The van der Waals surface area contributed by atoms with Crippen LogP contribution >= 0.6 is 0 Å². The zero-order chi connectivity index (χ0) is 17.1. The van der Waals surface area contributed by atoms with Crippen LogP contribution in [0, 0.1) is 0 Å². The number of ether oxygens (including phenoxy) is 2. The molecule has 1 amide bonds. The number of hydrogen-bond donors (Lipinski definition) is 1. The molecular weight excluding hydrogens is 306 g/mol. The van der Waals surface area contributed by atoms with Gasteiger partial charge in [0, 0.05) is 18.2 Å². The number of pyridine rings is 1. The van der Waals surface area contributed by atoms with Crippen LogP contribution < -0.4 is 19.7 Å². The molecule has 0 unspecified atom stereocenters. The number of aromatic nitrogens is 1. The van der Waals surface area contributed by atoms with Gasteiger partial charge in [0.25, 0.3) is 5.91 Å². The van der Waals surface area contributed by atoms with Gasteiger partial charge in [-0.15, -0.1) is 0 Å². The maximum Gasteiger partial charge on any atom is 0.260 e. The van der Waals surface area contributed by atoms with Crippen molar-refractivity contribution in [1.29, 1.82) is 0 Å². The van der Waals surface area contributed by atoms with Crippen LogP contribution in [0.1, 0.15) is 28.4 Å². The lowest BCUT2D eigenvalue weighted by Gasteiger charge is -2.15. The van der Waals surface area contributed by atoms with Crippen molar-refractivity contribution in [2.75, 3.05) is 25.7 Å². The minimum absolute atomic E-state index is 0.0672.